The molecule has 0 saturated carbocycles. The molecule has 0 bridgehead atoms. The van der Waals surface area contributed by atoms with Gasteiger partial charge in [-0.15, -0.1) is 0 Å². The number of hydrogen-bond donors (Lipinski definition) is 1. The summed E-state index contributed by atoms with van der Waals surface area (Å²) in [6.07, 6.45) is 44.5. The number of unbranched alkanes of at least 4 members (excludes halogenated alkanes) is 30. The number of carboxylic acid groups (broad SMARTS) is 1. The number of carboxylic acids is 1. The Bertz CT molecular complexity index is 739. The van der Waals surface area contributed by atoms with E-state index >= 15 is 0 Å². The van der Waals surface area contributed by atoms with E-state index in [-0.39, 0.29) is 0 Å². The van der Waals surface area contributed by atoms with Crippen molar-refractivity contribution in [1.82, 2.24) is 14.7 Å². The van der Waals surface area contributed by atoms with E-state index in [4.69, 9.17) is 0 Å². The van der Waals surface area contributed by atoms with Gasteiger partial charge >= 0.3 is 5.97 Å². The van der Waals surface area contributed by atoms with Gasteiger partial charge in [0.1, 0.15) is 0 Å². The molecule has 6 heteroatoms. The molecule has 0 aromatic rings. The van der Waals surface area contributed by atoms with Gasteiger partial charge in [0.2, 0.25) is 6.17 Å². The average Bonchev–Trinajstić information content (AvgIpc) is 3.21. The predicted molar refractivity (Wildman–Crippen MR) is 233 cm³/mol. The maximum absolute atomic E-state index is 12.5. The largest absolute Gasteiger partial charge is 0.476 e. The Balaban J connectivity index is 2.30. The molecule has 1 aliphatic heterocycles. The van der Waals surface area contributed by atoms with Crippen LogP contribution in [0.1, 0.15) is 219 Å². The molecule has 1 atom stereocenters. The molecule has 53 heavy (non-hydrogen) atoms. The van der Waals surface area contributed by atoms with Crippen LogP contribution < -0.4 is 0 Å². The van der Waals surface area contributed by atoms with Crippen LogP contribution in [0.4, 0.5) is 0 Å². The highest BCUT2D eigenvalue weighted by Crippen LogP contribution is 2.17. The fourth-order valence-electron chi connectivity index (χ4n) is 8.59. The van der Waals surface area contributed by atoms with E-state index in [2.05, 4.69) is 28.5 Å². The Hall–Kier alpha value is -0.690. The van der Waals surface area contributed by atoms with Gasteiger partial charge in [0.25, 0.3) is 0 Å². The highest BCUT2D eigenvalue weighted by atomic mass is 16.4. The van der Waals surface area contributed by atoms with Crippen molar-refractivity contribution in [3.63, 3.8) is 0 Å². The minimum atomic E-state index is -0.689. The number of likely N-dealkylation sites (N-methyl/N-ethyl adjacent to an activating group) is 1. The van der Waals surface area contributed by atoms with Crippen molar-refractivity contribution < 1.29 is 14.4 Å². The SMILES string of the molecule is CCCCCCCCCCCCCCCCCCN1CCN(CCCCCCCCCCCCCCCCCC)CCN(C(C(=O)O)[N+](C)(C)C)CC1. The first kappa shape index (κ1) is 50.3. The van der Waals surface area contributed by atoms with Crippen LogP contribution in [0.25, 0.3) is 0 Å². The molecule has 0 aromatic heterocycles. The molecule has 1 saturated heterocycles. The van der Waals surface area contributed by atoms with Gasteiger partial charge in [0.05, 0.1) is 21.1 Å². The topological polar surface area (TPSA) is 47.0 Å². The normalized spacial score (nSPS) is 16.1. The molecule has 0 radical (unpaired) electrons. The highest BCUT2D eigenvalue weighted by molar-refractivity contribution is 5.71. The molecule has 6 nitrogen and oxygen atoms in total. The molecule has 0 spiro atoms. The van der Waals surface area contributed by atoms with Gasteiger partial charge in [-0.3, -0.25) is 0 Å². The minimum Gasteiger partial charge on any atom is -0.476 e. The Morgan fingerprint density at radius 3 is 0.868 bits per heavy atom. The molecule has 1 heterocycles. The molecule has 316 valence electrons. The number of nitrogens with zero attached hydrogens (tertiary/aromatic N) is 4. The van der Waals surface area contributed by atoms with E-state index in [1.807, 2.05) is 21.1 Å². The van der Waals surface area contributed by atoms with Crippen LogP contribution in [-0.2, 0) is 4.79 Å². The molecule has 0 aliphatic carbocycles. The monoisotopic (exact) mass is 750 g/mol. The molecular weight excluding hydrogens is 653 g/mol. The standard InChI is InChI=1S/C47H96N4O2/c1-6-8-10-12-14-16-18-20-22-24-26-28-30-32-34-36-38-48-40-41-49(43-45-50(44-42-48)46(47(52)53)51(3,4)5)39-37-35-33-31-29-27-25-23-21-19-17-15-13-11-9-7-2/h46H,6-45H2,1-5H3/p+1. The van der Waals surface area contributed by atoms with Crippen molar-refractivity contribution in [1.29, 1.82) is 0 Å². The molecule has 1 aliphatic rings. The van der Waals surface area contributed by atoms with Crippen LogP contribution in [0, 0.1) is 0 Å². The quantitative estimate of drug-likeness (QED) is 0.0506. The highest BCUT2D eigenvalue weighted by Gasteiger charge is 2.37. The third-order valence-corrected chi connectivity index (χ3v) is 12.1. The second kappa shape index (κ2) is 35.7. The predicted octanol–water partition coefficient (Wildman–Crippen LogP) is 12.5. The summed E-state index contributed by atoms with van der Waals surface area (Å²) in [4.78, 5) is 20.1. The molecule has 0 aromatic carbocycles. The summed E-state index contributed by atoms with van der Waals surface area (Å²) in [6, 6.07) is 0. The van der Waals surface area contributed by atoms with Gasteiger partial charge in [-0.05, 0) is 25.9 Å². The first-order chi connectivity index (χ1) is 25.8. The van der Waals surface area contributed by atoms with Gasteiger partial charge in [-0.1, -0.05) is 206 Å². The smallest absolute Gasteiger partial charge is 0.379 e. The summed E-state index contributed by atoms with van der Waals surface area (Å²) in [7, 11) is 6.11. The molecule has 1 unspecified atom stereocenters. The average molecular weight is 750 g/mol. The zero-order chi connectivity index (χ0) is 38.7. The van der Waals surface area contributed by atoms with E-state index in [1.54, 1.807) is 0 Å². The van der Waals surface area contributed by atoms with E-state index in [9.17, 15) is 9.90 Å². The van der Waals surface area contributed by atoms with Crippen LogP contribution in [0.5, 0.6) is 0 Å². The van der Waals surface area contributed by atoms with Crippen molar-refractivity contribution in [2.45, 2.75) is 225 Å². The number of hydrogen-bond acceptors (Lipinski definition) is 4. The fraction of sp³-hybridized carbons (Fsp3) is 0.979. The molecule has 1 N–H and O–H groups in total. The van der Waals surface area contributed by atoms with Crippen LogP contribution in [-0.4, -0.2) is 110 Å². The van der Waals surface area contributed by atoms with Crippen LogP contribution in [0.15, 0.2) is 0 Å². The zero-order valence-corrected chi connectivity index (χ0v) is 37.0. The third kappa shape index (κ3) is 30.2. The number of aliphatic carboxylic acids is 1. The van der Waals surface area contributed by atoms with Gasteiger partial charge in [0, 0.05) is 39.3 Å². The maximum atomic E-state index is 12.5. The van der Waals surface area contributed by atoms with E-state index in [0.717, 1.165) is 52.4 Å². The summed E-state index contributed by atoms with van der Waals surface area (Å²) < 4.78 is 0.438. The van der Waals surface area contributed by atoms with Crippen molar-refractivity contribution in [3.05, 3.63) is 0 Å². The zero-order valence-electron chi connectivity index (χ0n) is 37.0. The summed E-state index contributed by atoms with van der Waals surface area (Å²) in [5.74, 6) is -0.689. The lowest BCUT2D eigenvalue weighted by Gasteiger charge is -2.39. The summed E-state index contributed by atoms with van der Waals surface area (Å²) in [5, 5.41) is 10.3. The Morgan fingerprint density at radius 1 is 0.415 bits per heavy atom. The lowest BCUT2D eigenvalue weighted by molar-refractivity contribution is -0.899. The Labute approximate surface area is 333 Å². The van der Waals surface area contributed by atoms with Gasteiger partial charge in [0.15, 0.2) is 0 Å². The van der Waals surface area contributed by atoms with Gasteiger partial charge < -0.3 is 19.4 Å². The second-order valence-electron chi connectivity index (χ2n) is 18.2. The van der Waals surface area contributed by atoms with Crippen LogP contribution in [0.3, 0.4) is 0 Å². The summed E-state index contributed by atoms with van der Waals surface area (Å²) in [5.41, 5.74) is 0. The minimum absolute atomic E-state index is 0.438. The van der Waals surface area contributed by atoms with E-state index in [0.29, 0.717) is 4.48 Å². The molecular formula is C47H97N4O2+. The third-order valence-electron chi connectivity index (χ3n) is 12.1. The number of carbonyl (C=O) groups is 1. The lowest BCUT2D eigenvalue weighted by Crippen LogP contribution is -2.61. The van der Waals surface area contributed by atoms with Crippen LogP contribution >= 0.6 is 0 Å². The Kier molecular flexibility index (Phi) is 33.9. The first-order valence-corrected chi connectivity index (χ1v) is 24.0. The fourth-order valence-corrected chi connectivity index (χ4v) is 8.59. The first-order valence-electron chi connectivity index (χ1n) is 24.0. The number of quaternary nitrogens is 1. The van der Waals surface area contributed by atoms with Gasteiger partial charge in [-0.25, -0.2) is 9.69 Å². The summed E-state index contributed by atoms with van der Waals surface area (Å²) in [6.45, 7) is 12.8. The molecule has 1 fully saturated rings. The Morgan fingerprint density at radius 2 is 0.642 bits per heavy atom. The van der Waals surface area contributed by atoms with Crippen molar-refractivity contribution in [3.8, 4) is 0 Å². The van der Waals surface area contributed by atoms with Gasteiger partial charge in [-0.2, -0.15) is 0 Å². The number of rotatable bonds is 37. The maximum Gasteiger partial charge on any atom is 0.379 e. The van der Waals surface area contributed by atoms with E-state index < -0.39 is 12.1 Å². The molecule has 0 amide bonds. The van der Waals surface area contributed by atoms with Crippen molar-refractivity contribution in [2.75, 3.05) is 73.5 Å². The summed E-state index contributed by atoms with van der Waals surface area (Å²) >= 11 is 0. The van der Waals surface area contributed by atoms with E-state index in [1.165, 1.54) is 205 Å². The van der Waals surface area contributed by atoms with Crippen molar-refractivity contribution in [2.24, 2.45) is 0 Å². The van der Waals surface area contributed by atoms with Crippen molar-refractivity contribution >= 4 is 5.97 Å². The molecule has 1 rings (SSSR count). The lowest BCUT2D eigenvalue weighted by atomic mass is 10.0. The van der Waals surface area contributed by atoms with Crippen LogP contribution in [0.2, 0.25) is 0 Å². The second-order valence-corrected chi connectivity index (χ2v) is 18.2.